The lowest BCUT2D eigenvalue weighted by Gasteiger charge is -2.24. The van der Waals surface area contributed by atoms with Gasteiger partial charge in [0.1, 0.15) is 5.76 Å². The predicted molar refractivity (Wildman–Crippen MR) is 92.3 cm³/mol. The van der Waals surface area contributed by atoms with Crippen molar-refractivity contribution >= 4 is 11.9 Å². The lowest BCUT2D eigenvalue weighted by Crippen LogP contribution is -2.23. The Hall–Kier alpha value is -2.13. The van der Waals surface area contributed by atoms with Crippen LogP contribution in [0.15, 0.2) is 47.1 Å². The second-order valence-electron chi connectivity index (χ2n) is 5.89. The average Bonchev–Trinajstić information content (AvgIpc) is 3.07. The van der Waals surface area contributed by atoms with Gasteiger partial charge >= 0.3 is 0 Å². The molecule has 23 heavy (non-hydrogen) atoms. The van der Waals surface area contributed by atoms with Crippen LogP contribution in [-0.2, 0) is 11.2 Å². The zero-order valence-corrected chi connectivity index (χ0v) is 14.0. The van der Waals surface area contributed by atoms with E-state index in [-0.39, 0.29) is 24.2 Å². The Labute approximate surface area is 137 Å². The number of ketones is 1. The number of aryl methyl sites for hydroxylation is 2. The molecule has 1 heterocycles. The fourth-order valence-electron chi connectivity index (χ4n) is 2.96. The minimum atomic E-state index is -0.345. The molecule has 0 saturated heterocycles. The summed E-state index contributed by atoms with van der Waals surface area (Å²) in [7, 11) is 0. The van der Waals surface area contributed by atoms with Crippen molar-refractivity contribution in [2.75, 3.05) is 6.61 Å². The molecule has 2 rings (SSSR count). The normalized spacial score (nSPS) is 14.1. The van der Waals surface area contributed by atoms with Gasteiger partial charge in [0.25, 0.3) is 0 Å². The van der Waals surface area contributed by atoms with E-state index in [1.807, 2.05) is 26.0 Å². The first-order valence-electron chi connectivity index (χ1n) is 8.03. The standard InChI is InChI=1S/C20H24O3/c1-4-16-8-5-7-14(2)19(16)20(15(3)13-21)18(22)11-10-17-9-6-12-23-17/h5-12,15,20-21H,4,13H2,1-3H3/b11-10+. The number of carbonyl (C=O) groups excluding carboxylic acids is 1. The van der Waals surface area contributed by atoms with Crippen LogP contribution in [-0.4, -0.2) is 17.5 Å². The Bertz CT molecular complexity index is 668. The fourth-order valence-corrected chi connectivity index (χ4v) is 2.96. The largest absolute Gasteiger partial charge is 0.465 e. The highest BCUT2D eigenvalue weighted by Gasteiger charge is 2.28. The van der Waals surface area contributed by atoms with Gasteiger partial charge in [-0.3, -0.25) is 4.79 Å². The second kappa shape index (κ2) is 7.93. The van der Waals surface area contributed by atoms with Crippen LogP contribution in [0.3, 0.4) is 0 Å². The van der Waals surface area contributed by atoms with Crippen molar-refractivity contribution in [2.24, 2.45) is 5.92 Å². The van der Waals surface area contributed by atoms with Gasteiger partial charge < -0.3 is 9.52 Å². The number of aliphatic hydroxyl groups is 1. The van der Waals surface area contributed by atoms with Crippen molar-refractivity contribution in [1.82, 2.24) is 0 Å². The van der Waals surface area contributed by atoms with Gasteiger partial charge in [0.2, 0.25) is 0 Å². The van der Waals surface area contributed by atoms with Crippen LogP contribution in [0.2, 0.25) is 0 Å². The van der Waals surface area contributed by atoms with Gasteiger partial charge in [0.05, 0.1) is 12.2 Å². The highest BCUT2D eigenvalue weighted by atomic mass is 16.3. The third-order valence-electron chi connectivity index (χ3n) is 4.22. The number of aliphatic hydroxyl groups excluding tert-OH is 1. The van der Waals surface area contributed by atoms with E-state index in [1.165, 1.54) is 0 Å². The molecule has 2 aromatic rings. The molecule has 1 N–H and O–H groups in total. The molecule has 0 saturated carbocycles. The third-order valence-corrected chi connectivity index (χ3v) is 4.22. The summed E-state index contributed by atoms with van der Waals surface area (Å²) in [6.07, 6.45) is 5.68. The van der Waals surface area contributed by atoms with Gasteiger partial charge in [-0.05, 0) is 60.2 Å². The van der Waals surface area contributed by atoms with Gasteiger partial charge in [-0.2, -0.15) is 0 Å². The van der Waals surface area contributed by atoms with E-state index in [0.29, 0.717) is 5.76 Å². The van der Waals surface area contributed by atoms with E-state index in [9.17, 15) is 9.90 Å². The van der Waals surface area contributed by atoms with Crippen molar-refractivity contribution in [3.8, 4) is 0 Å². The number of rotatable bonds is 7. The lowest BCUT2D eigenvalue weighted by atomic mass is 9.79. The SMILES string of the molecule is CCc1cccc(C)c1C(C(=O)/C=C/c1ccco1)C(C)CO. The van der Waals surface area contributed by atoms with Gasteiger partial charge in [0, 0.05) is 6.61 Å². The molecule has 0 aliphatic rings. The van der Waals surface area contributed by atoms with Crippen molar-refractivity contribution < 1.29 is 14.3 Å². The molecule has 0 fully saturated rings. The van der Waals surface area contributed by atoms with E-state index in [1.54, 1.807) is 30.5 Å². The maximum atomic E-state index is 12.8. The van der Waals surface area contributed by atoms with E-state index in [0.717, 1.165) is 23.1 Å². The lowest BCUT2D eigenvalue weighted by molar-refractivity contribution is -0.117. The number of furan rings is 1. The van der Waals surface area contributed by atoms with Crippen LogP contribution in [0.5, 0.6) is 0 Å². The van der Waals surface area contributed by atoms with E-state index in [2.05, 4.69) is 13.0 Å². The average molecular weight is 312 g/mol. The number of hydrogen-bond donors (Lipinski definition) is 1. The van der Waals surface area contributed by atoms with E-state index >= 15 is 0 Å². The Kier molecular flexibility index (Phi) is 5.94. The van der Waals surface area contributed by atoms with E-state index < -0.39 is 0 Å². The molecule has 2 unspecified atom stereocenters. The van der Waals surface area contributed by atoms with Gasteiger partial charge in [-0.25, -0.2) is 0 Å². The van der Waals surface area contributed by atoms with Gasteiger partial charge in [0.15, 0.2) is 5.78 Å². The Morgan fingerprint density at radius 1 is 1.30 bits per heavy atom. The van der Waals surface area contributed by atoms with Crippen LogP contribution >= 0.6 is 0 Å². The molecular weight excluding hydrogens is 288 g/mol. The molecule has 1 aromatic carbocycles. The smallest absolute Gasteiger partial charge is 0.163 e. The Morgan fingerprint density at radius 2 is 2.09 bits per heavy atom. The molecule has 3 heteroatoms. The first-order chi connectivity index (χ1) is 11.1. The number of allylic oxidation sites excluding steroid dienone is 1. The summed E-state index contributed by atoms with van der Waals surface area (Å²) in [5.41, 5.74) is 3.30. The molecule has 0 bridgehead atoms. The zero-order chi connectivity index (χ0) is 16.8. The molecule has 122 valence electrons. The fraction of sp³-hybridized carbons (Fsp3) is 0.350. The minimum absolute atomic E-state index is 0.00745. The monoisotopic (exact) mass is 312 g/mol. The number of carbonyl (C=O) groups is 1. The second-order valence-corrected chi connectivity index (χ2v) is 5.89. The van der Waals surface area contributed by atoms with Crippen LogP contribution in [0.25, 0.3) is 6.08 Å². The minimum Gasteiger partial charge on any atom is -0.465 e. The summed E-state index contributed by atoms with van der Waals surface area (Å²) in [5, 5.41) is 9.63. The predicted octanol–water partition coefficient (Wildman–Crippen LogP) is 4.14. The first-order valence-corrected chi connectivity index (χ1v) is 8.03. The molecular formula is C20H24O3. The molecule has 0 aliphatic carbocycles. The topological polar surface area (TPSA) is 50.4 Å². The summed E-state index contributed by atoms with van der Waals surface area (Å²) in [5.74, 6) is 0.152. The maximum absolute atomic E-state index is 12.8. The molecule has 1 aromatic heterocycles. The van der Waals surface area contributed by atoms with Gasteiger partial charge in [-0.15, -0.1) is 0 Å². The van der Waals surface area contributed by atoms with Crippen molar-refractivity contribution in [2.45, 2.75) is 33.1 Å². The molecule has 0 radical (unpaired) electrons. The van der Waals surface area contributed by atoms with Crippen LogP contribution in [0.1, 0.15) is 42.2 Å². The van der Waals surface area contributed by atoms with E-state index in [4.69, 9.17) is 4.42 Å². The number of benzene rings is 1. The summed E-state index contributed by atoms with van der Waals surface area (Å²) < 4.78 is 5.24. The summed E-state index contributed by atoms with van der Waals surface area (Å²) in [6.45, 7) is 5.99. The summed E-state index contributed by atoms with van der Waals surface area (Å²) in [4.78, 5) is 12.8. The molecule has 2 atom stereocenters. The van der Waals surface area contributed by atoms with Crippen molar-refractivity contribution in [3.63, 3.8) is 0 Å². The highest BCUT2D eigenvalue weighted by Crippen LogP contribution is 2.32. The van der Waals surface area contributed by atoms with Crippen LogP contribution in [0, 0.1) is 12.8 Å². The van der Waals surface area contributed by atoms with Crippen LogP contribution in [0.4, 0.5) is 0 Å². The molecule has 0 amide bonds. The summed E-state index contributed by atoms with van der Waals surface area (Å²) in [6, 6.07) is 9.69. The molecule has 3 nitrogen and oxygen atoms in total. The third kappa shape index (κ3) is 3.99. The van der Waals surface area contributed by atoms with Crippen LogP contribution < -0.4 is 0 Å². The maximum Gasteiger partial charge on any atom is 0.163 e. The summed E-state index contributed by atoms with van der Waals surface area (Å²) >= 11 is 0. The molecule has 0 aliphatic heterocycles. The van der Waals surface area contributed by atoms with Crippen molar-refractivity contribution in [3.05, 3.63) is 65.1 Å². The highest BCUT2D eigenvalue weighted by molar-refractivity contribution is 5.99. The number of hydrogen-bond acceptors (Lipinski definition) is 3. The zero-order valence-electron chi connectivity index (χ0n) is 14.0. The van der Waals surface area contributed by atoms with Crippen molar-refractivity contribution in [1.29, 1.82) is 0 Å². The Balaban J connectivity index is 2.40. The Morgan fingerprint density at radius 3 is 2.70 bits per heavy atom. The molecule has 0 spiro atoms. The quantitative estimate of drug-likeness (QED) is 0.782. The van der Waals surface area contributed by atoms with Gasteiger partial charge in [-0.1, -0.05) is 32.0 Å². The first kappa shape index (κ1) is 17.2.